The average molecular weight is 479 g/mol. The molecule has 1 aliphatic heterocycles. The highest BCUT2D eigenvalue weighted by Gasteiger charge is 2.46. The minimum Gasteiger partial charge on any atom is -0.507 e. The van der Waals surface area contributed by atoms with E-state index < -0.39 is 23.5 Å². The van der Waals surface area contributed by atoms with Gasteiger partial charge in [0.25, 0.3) is 11.7 Å². The first-order valence-electron chi connectivity index (χ1n) is 9.81. The van der Waals surface area contributed by atoms with Gasteiger partial charge in [0.2, 0.25) is 0 Å². The molecule has 0 aliphatic carbocycles. The maximum atomic E-state index is 13.1. The molecule has 1 atom stereocenters. The van der Waals surface area contributed by atoms with Gasteiger partial charge in [-0.05, 0) is 25.7 Å². The van der Waals surface area contributed by atoms with Crippen molar-refractivity contribution < 1.29 is 24.2 Å². The Morgan fingerprint density at radius 3 is 2.28 bits per heavy atom. The summed E-state index contributed by atoms with van der Waals surface area (Å²) in [4.78, 5) is 29.4. The Labute approximate surface area is 196 Å². The van der Waals surface area contributed by atoms with Crippen LogP contribution in [0, 0.1) is 0 Å². The third-order valence-corrected chi connectivity index (χ3v) is 5.86. The van der Waals surface area contributed by atoms with Gasteiger partial charge in [-0.2, -0.15) is 0 Å². The van der Waals surface area contributed by atoms with Crippen molar-refractivity contribution in [3.8, 4) is 11.5 Å². The van der Waals surface area contributed by atoms with Crippen molar-refractivity contribution in [2.24, 2.45) is 0 Å². The lowest BCUT2D eigenvalue weighted by atomic mass is 9.95. The number of hydrogen-bond donors (Lipinski definition) is 1. The van der Waals surface area contributed by atoms with E-state index in [1.807, 2.05) is 37.2 Å². The van der Waals surface area contributed by atoms with Crippen LogP contribution in [0.4, 0.5) is 0 Å². The van der Waals surface area contributed by atoms with Gasteiger partial charge in [0.1, 0.15) is 10.8 Å². The van der Waals surface area contributed by atoms with E-state index in [4.69, 9.17) is 32.7 Å². The first kappa shape index (κ1) is 23.9. The summed E-state index contributed by atoms with van der Waals surface area (Å²) in [7, 11) is 6.52. The zero-order valence-electron chi connectivity index (χ0n) is 18.2. The molecule has 2 aromatic rings. The molecule has 32 heavy (non-hydrogen) atoms. The van der Waals surface area contributed by atoms with Gasteiger partial charge in [-0.15, -0.1) is 0 Å². The van der Waals surface area contributed by atoms with Crippen LogP contribution in [0.1, 0.15) is 17.2 Å². The molecule has 1 N–H and O–H groups in total. The third-order valence-electron chi connectivity index (χ3n) is 5.24. The molecule has 0 spiro atoms. The van der Waals surface area contributed by atoms with Crippen LogP contribution >= 0.6 is 23.2 Å². The fourth-order valence-electron chi connectivity index (χ4n) is 3.69. The molecular formula is C23H24Cl2N2O5. The Morgan fingerprint density at radius 1 is 1.09 bits per heavy atom. The fraction of sp³-hybridized carbons (Fsp3) is 0.304. The van der Waals surface area contributed by atoms with Crippen LogP contribution in [0.2, 0.25) is 10.0 Å². The number of aliphatic hydroxyl groups excluding tert-OH is 1. The summed E-state index contributed by atoms with van der Waals surface area (Å²) in [5.74, 6) is -1.65. The molecule has 3 rings (SSSR count). The first-order chi connectivity index (χ1) is 15.2. The minimum atomic E-state index is -0.791. The lowest BCUT2D eigenvalue weighted by molar-refractivity contribution is -0.140. The summed E-state index contributed by atoms with van der Waals surface area (Å²) in [6.45, 7) is 0.842. The van der Waals surface area contributed by atoms with Crippen molar-refractivity contribution in [1.29, 1.82) is 0 Å². The molecule has 1 saturated heterocycles. The normalized spacial score (nSPS) is 17.8. The van der Waals surface area contributed by atoms with E-state index in [1.165, 1.54) is 25.2 Å². The molecule has 0 saturated carbocycles. The van der Waals surface area contributed by atoms with Gasteiger partial charge in [-0.1, -0.05) is 53.5 Å². The number of ketones is 1. The second-order valence-corrected chi connectivity index (χ2v) is 8.28. The number of rotatable bonds is 7. The number of likely N-dealkylation sites (tertiary alicyclic amines) is 1. The van der Waals surface area contributed by atoms with Gasteiger partial charge < -0.3 is 24.4 Å². The average Bonchev–Trinajstić information content (AvgIpc) is 3.02. The smallest absolute Gasteiger partial charge is 0.295 e. The van der Waals surface area contributed by atoms with Crippen LogP contribution in [0.3, 0.4) is 0 Å². The molecule has 9 heteroatoms. The Hall–Kier alpha value is -2.74. The highest BCUT2D eigenvalue weighted by atomic mass is 35.5. The second-order valence-electron chi connectivity index (χ2n) is 7.49. The Balaban J connectivity index is 2.25. The number of nitrogens with zero attached hydrogens (tertiary/aromatic N) is 2. The number of carbonyl (C=O) groups is 2. The van der Waals surface area contributed by atoms with Crippen molar-refractivity contribution in [3.05, 3.63) is 63.1 Å². The van der Waals surface area contributed by atoms with Crippen molar-refractivity contribution in [1.82, 2.24) is 9.80 Å². The molecule has 7 nitrogen and oxygen atoms in total. The number of aliphatic hydroxyl groups is 1. The van der Waals surface area contributed by atoms with Crippen molar-refractivity contribution >= 4 is 40.7 Å². The molecule has 0 bridgehead atoms. The number of benzene rings is 2. The summed E-state index contributed by atoms with van der Waals surface area (Å²) in [5.41, 5.74) is 0.724. The first-order valence-corrected chi connectivity index (χ1v) is 10.6. The molecule has 2 aromatic carbocycles. The van der Waals surface area contributed by atoms with E-state index >= 15 is 0 Å². The van der Waals surface area contributed by atoms with Crippen LogP contribution in [0.25, 0.3) is 5.76 Å². The van der Waals surface area contributed by atoms with Crippen molar-refractivity contribution in [2.75, 3.05) is 41.4 Å². The molecule has 1 heterocycles. The van der Waals surface area contributed by atoms with Gasteiger partial charge >= 0.3 is 0 Å². The number of hydrogen-bond acceptors (Lipinski definition) is 6. The number of ether oxygens (including phenoxy) is 2. The third kappa shape index (κ3) is 4.28. The molecule has 170 valence electrons. The van der Waals surface area contributed by atoms with Gasteiger partial charge in [0.05, 0.1) is 36.4 Å². The lowest BCUT2D eigenvalue weighted by Crippen LogP contribution is -2.35. The Bertz CT molecular complexity index is 1070. The predicted molar refractivity (Wildman–Crippen MR) is 124 cm³/mol. The number of halogens is 2. The number of Topliss-reactive ketones (excluding diaryl/α,β-unsaturated/α-hetero) is 1. The standard InChI is InChI=1S/C23H24Cl2N2O5/c1-26(2)10-11-27-18(13-8-6-5-7-9-13)16(20(29)23(27)30)19(28)14-12-15(24)22(32-4)17(25)21(14)31-3/h5-9,12,18,28H,10-11H2,1-4H3/b19-16+. The monoisotopic (exact) mass is 478 g/mol. The largest absolute Gasteiger partial charge is 0.507 e. The summed E-state index contributed by atoms with van der Waals surface area (Å²) < 4.78 is 10.6. The summed E-state index contributed by atoms with van der Waals surface area (Å²) in [6.07, 6.45) is 0. The SMILES string of the molecule is COc1c(Cl)cc(/C(O)=C2\C(=O)C(=O)N(CCN(C)C)C2c2ccccc2)c(OC)c1Cl. The molecule has 1 aliphatic rings. The Morgan fingerprint density at radius 2 is 1.72 bits per heavy atom. The molecular weight excluding hydrogens is 455 g/mol. The van der Waals surface area contributed by atoms with Crippen molar-refractivity contribution in [2.45, 2.75) is 6.04 Å². The summed E-state index contributed by atoms with van der Waals surface area (Å²) in [6, 6.07) is 9.68. The summed E-state index contributed by atoms with van der Waals surface area (Å²) in [5, 5.41) is 11.5. The molecule has 1 fully saturated rings. The second kappa shape index (κ2) is 9.81. The molecule has 1 unspecified atom stereocenters. The van der Waals surface area contributed by atoms with E-state index in [2.05, 4.69) is 0 Å². The van der Waals surface area contributed by atoms with E-state index in [-0.39, 0.29) is 32.7 Å². The van der Waals surface area contributed by atoms with Gasteiger partial charge in [-0.25, -0.2) is 0 Å². The molecule has 1 amide bonds. The van der Waals surface area contributed by atoms with Gasteiger partial charge in [0.15, 0.2) is 11.5 Å². The topological polar surface area (TPSA) is 79.3 Å². The van der Waals surface area contributed by atoms with Crippen LogP contribution in [0.15, 0.2) is 42.0 Å². The van der Waals surface area contributed by atoms with E-state index in [0.29, 0.717) is 18.7 Å². The predicted octanol–water partition coefficient (Wildman–Crippen LogP) is 3.99. The number of amides is 1. The molecule has 0 aromatic heterocycles. The zero-order valence-corrected chi connectivity index (χ0v) is 19.7. The fourth-order valence-corrected chi connectivity index (χ4v) is 4.38. The minimum absolute atomic E-state index is 0.0437. The highest BCUT2D eigenvalue weighted by Crippen LogP contribution is 2.47. The van der Waals surface area contributed by atoms with E-state index in [1.54, 1.807) is 12.1 Å². The number of carbonyl (C=O) groups excluding carboxylic acids is 2. The van der Waals surface area contributed by atoms with E-state index in [9.17, 15) is 14.7 Å². The number of methoxy groups -OCH3 is 2. The van der Waals surface area contributed by atoms with E-state index in [0.717, 1.165) is 0 Å². The molecule has 0 radical (unpaired) electrons. The van der Waals surface area contributed by atoms with Crippen molar-refractivity contribution in [3.63, 3.8) is 0 Å². The maximum absolute atomic E-state index is 13.1. The van der Waals surface area contributed by atoms with Crippen LogP contribution in [-0.2, 0) is 9.59 Å². The van der Waals surface area contributed by atoms with Gasteiger partial charge in [-0.3, -0.25) is 9.59 Å². The quantitative estimate of drug-likeness (QED) is 0.368. The van der Waals surface area contributed by atoms with Crippen LogP contribution in [0.5, 0.6) is 11.5 Å². The lowest BCUT2D eigenvalue weighted by Gasteiger charge is -2.26. The highest BCUT2D eigenvalue weighted by molar-refractivity contribution is 6.47. The maximum Gasteiger partial charge on any atom is 0.295 e. The van der Waals surface area contributed by atoms with Crippen LogP contribution < -0.4 is 9.47 Å². The summed E-state index contributed by atoms with van der Waals surface area (Å²) >= 11 is 12.6. The Kier molecular flexibility index (Phi) is 7.33. The number of likely N-dealkylation sites (N-methyl/N-ethyl adjacent to an activating group) is 1. The zero-order chi connectivity index (χ0) is 23.6. The van der Waals surface area contributed by atoms with Crippen LogP contribution in [-0.4, -0.2) is 68.0 Å². The van der Waals surface area contributed by atoms with Gasteiger partial charge in [0, 0.05) is 13.1 Å².